The second kappa shape index (κ2) is 8.74. The molecule has 3 amide bonds. The number of ether oxygens (including phenoxy) is 2. The molecule has 0 aromatic carbocycles. The van der Waals surface area contributed by atoms with E-state index in [0.29, 0.717) is 15.5 Å². The molecule has 31 heavy (non-hydrogen) atoms. The molecule has 1 saturated heterocycles. The smallest absolute Gasteiger partial charge is 0.435 e. The maximum absolute atomic E-state index is 13.7. The standard InChI is InChI=1S/C16H16F5N5O4S/c1-3-30-15(28)25-8(4-10(17)18)5-24(14(25)27)6-9-12(16(19,20)21)26-13(22-9)31-11(23-26)7-29-2/h4,8H,3,5-7H2,1-2H3. The van der Waals surface area contributed by atoms with Crippen LogP contribution in [0.2, 0.25) is 0 Å². The van der Waals surface area contributed by atoms with Crippen LogP contribution in [0.1, 0.15) is 23.3 Å². The predicted molar refractivity (Wildman–Crippen MR) is 95.3 cm³/mol. The van der Waals surface area contributed by atoms with E-state index in [9.17, 15) is 31.5 Å². The average molecular weight is 469 g/mol. The van der Waals surface area contributed by atoms with Crippen LogP contribution in [0.15, 0.2) is 12.2 Å². The fraction of sp³-hybridized carbons (Fsp3) is 0.500. The first-order valence-corrected chi connectivity index (χ1v) is 9.59. The van der Waals surface area contributed by atoms with Crippen molar-refractivity contribution in [2.24, 2.45) is 0 Å². The van der Waals surface area contributed by atoms with Crippen molar-refractivity contribution in [3.8, 4) is 0 Å². The van der Waals surface area contributed by atoms with Crippen LogP contribution in [0.3, 0.4) is 0 Å². The lowest BCUT2D eigenvalue weighted by atomic mass is 10.2. The molecule has 0 spiro atoms. The van der Waals surface area contributed by atoms with Gasteiger partial charge in [0.2, 0.25) is 4.96 Å². The number of methoxy groups -OCH3 is 1. The van der Waals surface area contributed by atoms with Crippen molar-refractivity contribution >= 4 is 28.4 Å². The fourth-order valence-corrected chi connectivity index (χ4v) is 3.96. The molecule has 170 valence electrons. The molecule has 1 aliphatic heterocycles. The number of alkyl halides is 3. The number of imidazole rings is 1. The number of urea groups is 1. The Kier molecular flexibility index (Phi) is 6.45. The van der Waals surface area contributed by atoms with Gasteiger partial charge in [-0.15, -0.1) is 0 Å². The normalized spacial score (nSPS) is 17.0. The van der Waals surface area contributed by atoms with Crippen LogP contribution in [0, 0.1) is 0 Å². The minimum Gasteiger partial charge on any atom is -0.449 e. The van der Waals surface area contributed by atoms with Gasteiger partial charge in [0.05, 0.1) is 31.5 Å². The molecule has 1 unspecified atom stereocenters. The molecule has 0 bridgehead atoms. The molecule has 1 fully saturated rings. The Hall–Kier alpha value is -2.81. The third kappa shape index (κ3) is 4.61. The topological polar surface area (TPSA) is 89.3 Å². The molecular weight excluding hydrogens is 453 g/mol. The summed E-state index contributed by atoms with van der Waals surface area (Å²) in [7, 11) is 1.36. The Balaban J connectivity index is 1.95. The maximum Gasteiger partial charge on any atom is 0.435 e. The van der Waals surface area contributed by atoms with E-state index >= 15 is 0 Å². The number of fused-ring (bicyclic) bond motifs is 1. The summed E-state index contributed by atoms with van der Waals surface area (Å²) in [6.07, 6.45) is -7.82. The van der Waals surface area contributed by atoms with Gasteiger partial charge < -0.3 is 14.4 Å². The monoisotopic (exact) mass is 469 g/mol. The summed E-state index contributed by atoms with van der Waals surface area (Å²) in [6.45, 7) is 0.192. The van der Waals surface area contributed by atoms with Gasteiger partial charge in [-0.05, 0) is 6.92 Å². The molecule has 1 atom stereocenters. The zero-order chi connectivity index (χ0) is 22.9. The average Bonchev–Trinajstić information content (AvgIpc) is 3.25. The highest BCUT2D eigenvalue weighted by Crippen LogP contribution is 2.35. The molecule has 0 aliphatic carbocycles. The van der Waals surface area contributed by atoms with Gasteiger partial charge in [-0.2, -0.15) is 31.6 Å². The van der Waals surface area contributed by atoms with Gasteiger partial charge in [-0.1, -0.05) is 11.3 Å². The number of hydrogen-bond donors (Lipinski definition) is 0. The molecule has 3 rings (SSSR count). The highest BCUT2D eigenvalue weighted by molar-refractivity contribution is 7.16. The van der Waals surface area contributed by atoms with Crippen LogP contribution < -0.4 is 0 Å². The van der Waals surface area contributed by atoms with Gasteiger partial charge >= 0.3 is 18.3 Å². The summed E-state index contributed by atoms with van der Waals surface area (Å²) >= 11 is 0.872. The van der Waals surface area contributed by atoms with E-state index in [0.717, 1.165) is 16.2 Å². The first-order chi connectivity index (χ1) is 14.6. The van der Waals surface area contributed by atoms with Crippen LogP contribution in [0.4, 0.5) is 31.5 Å². The van der Waals surface area contributed by atoms with E-state index in [-0.39, 0.29) is 23.2 Å². The van der Waals surface area contributed by atoms with Crippen LogP contribution in [0.25, 0.3) is 4.96 Å². The number of hydrogen-bond acceptors (Lipinski definition) is 7. The largest absolute Gasteiger partial charge is 0.449 e. The lowest BCUT2D eigenvalue weighted by Crippen LogP contribution is -2.40. The summed E-state index contributed by atoms with van der Waals surface area (Å²) in [5.74, 6) is 0. The van der Waals surface area contributed by atoms with Gasteiger partial charge in [0.1, 0.15) is 5.01 Å². The van der Waals surface area contributed by atoms with Gasteiger partial charge in [0.15, 0.2) is 5.69 Å². The van der Waals surface area contributed by atoms with E-state index in [1.54, 1.807) is 0 Å². The minimum atomic E-state index is -4.86. The first kappa shape index (κ1) is 22.9. The molecule has 0 radical (unpaired) electrons. The van der Waals surface area contributed by atoms with E-state index in [2.05, 4.69) is 10.1 Å². The van der Waals surface area contributed by atoms with Crippen molar-refractivity contribution in [2.45, 2.75) is 32.3 Å². The second-order valence-electron chi connectivity index (χ2n) is 6.28. The second-order valence-corrected chi connectivity index (χ2v) is 7.32. The number of carbonyl (C=O) groups excluding carboxylic acids is 2. The molecule has 3 heterocycles. The summed E-state index contributed by atoms with van der Waals surface area (Å²) in [6, 6.07) is -2.47. The highest BCUT2D eigenvalue weighted by atomic mass is 32.1. The quantitative estimate of drug-likeness (QED) is 0.602. The predicted octanol–water partition coefficient (Wildman–Crippen LogP) is 3.50. The van der Waals surface area contributed by atoms with Crippen LogP contribution in [0.5, 0.6) is 0 Å². The molecule has 0 saturated carbocycles. The Morgan fingerprint density at radius 1 is 1.35 bits per heavy atom. The summed E-state index contributed by atoms with van der Waals surface area (Å²) in [4.78, 5) is 29.7. The molecule has 0 N–H and O–H groups in total. The third-order valence-electron chi connectivity index (χ3n) is 4.19. The van der Waals surface area contributed by atoms with Gasteiger partial charge in [0.25, 0.3) is 6.08 Å². The molecule has 1 aliphatic rings. The maximum atomic E-state index is 13.7. The van der Waals surface area contributed by atoms with Gasteiger partial charge in [-0.3, -0.25) is 0 Å². The van der Waals surface area contributed by atoms with E-state index in [1.165, 1.54) is 14.0 Å². The zero-order valence-corrected chi connectivity index (χ0v) is 17.0. The van der Waals surface area contributed by atoms with Crippen molar-refractivity contribution in [2.75, 3.05) is 20.3 Å². The minimum absolute atomic E-state index is 0.0113. The fourth-order valence-electron chi connectivity index (χ4n) is 3.08. The SMILES string of the molecule is CCOC(=O)N1C(=O)N(Cc2nc3sc(COC)nn3c2C(F)(F)F)CC1C=C(F)F. The summed E-state index contributed by atoms with van der Waals surface area (Å²) in [5, 5.41) is 4.10. The Morgan fingerprint density at radius 2 is 2.06 bits per heavy atom. The van der Waals surface area contributed by atoms with Crippen LogP contribution >= 0.6 is 11.3 Å². The van der Waals surface area contributed by atoms with E-state index in [4.69, 9.17) is 9.47 Å². The van der Waals surface area contributed by atoms with Crippen molar-refractivity contribution in [3.05, 3.63) is 28.6 Å². The Labute approximate surface area is 175 Å². The van der Waals surface area contributed by atoms with Crippen molar-refractivity contribution in [1.29, 1.82) is 0 Å². The number of halogens is 5. The van der Waals surface area contributed by atoms with Crippen molar-refractivity contribution < 1.29 is 41.0 Å². The lowest BCUT2D eigenvalue weighted by Gasteiger charge is -2.18. The lowest BCUT2D eigenvalue weighted by molar-refractivity contribution is -0.143. The van der Waals surface area contributed by atoms with Crippen LogP contribution in [-0.4, -0.2) is 62.8 Å². The molecule has 15 heteroatoms. The molecule has 9 nitrogen and oxygen atoms in total. The molecular formula is C16H16F5N5O4S. The third-order valence-corrected chi connectivity index (χ3v) is 5.08. The van der Waals surface area contributed by atoms with Gasteiger partial charge in [0, 0.05) is 19.7 Å². The van der Waals surface area contributed by atoms with Crippen molar-refractivity contribution in [1.82, 2.24) is 24.4 Å². The number of nitrogens with zero attached hydrogens (tertiary/aromatic N) is 5. The molecule has 2 aromatic rings. The Morgan fingerprint density at radius 3 is 2.65 bits per heavy atom. The first-order valence-electron chi connectivity index (χ1n) is 8.78. The van der Waals surface area contributed by atoms with E-state index in [1.807, 2.05) is 0 Å². The van der Waals surface area contributed by atoms with Crippen molar-refractivity contribution in [3.63, 3.8) is 0 Å². The molecule has 2 aromatic heterocycles. The number of rotatable bonds is 6. The zero-order valence-electron chi connectivity index (χ0n) is 16.2. The number of aromatic nitrogens is 3. The van der Waals surface area contributed by atoms with E-state index < -0.39 is 54.9 Å². The number of imide groups is 1. The number of amides is 3. The summed E-state index contributed by atoms with van der Waals surface area (Å²) in [5.41, 5.74) is -1.73. The Bertz CT molecular complexity index is 1020. The van der Waals surface area contributed by atoms with Gasteiger partial charge in [-0.25, -0.2) is 19.5 Å². The van der Waals surface area contributed by atoms with Crippen LogP contribution in [-0.2, 0) is 28.8 Å². The summed E-state index contributed by atoms with van der Waals surface area (Å²) < 4.78 is 76.9. The highest BCUT2D eigenvalue weighted by Gasteiger charge is 2.45. The number of carbonyl (C=O) groups is 2.